The predicted molar refractivity (Wildman–Crippen MR) is 82.1 cm³/mol. The van der Waals surface area contributed by atoms with E-state index >= 15 is 0 Å². The second-order valence-corrected chi connectivity index (χ2v) is 6.23. The van der Waals surface area contributed by atoms with E-state index in [0.717, 1.165) is 5.95 Å². The summed E-state index contributed by atoms with van der Waals surface area (Å²) >= 11 is 9.42. The van der Waals surface area contributed by atoms with Gasteiger partial charge in [-0.25, -0.2) is 9.37 Å². The fourth-order valence-electron chi connectivity index (χ4n) is 2.66. The van der Waals surface area contributed by atoms with Gasteiger partial charge in [0.1, 0.15) is 5.82 Å². The molecular formula is C14H14BrClFN3. The lowest BCUT2D eigenvalue weighted by Gasteiger charge is -2.17. The van der Waals surface area contributed by atoms with Crippen LogP contribution in [0.4, 0.5) is 16.0 Å². The molecule has 0 unspecified atom stereocenters. The summed E-state index contributed by atoms with van der Waals surface area (Å²) in [5, 5.41) is 3.53. The minimum absolute atomic E-state index is 0.331. The number of benzene rings is 1. The lowest BCUT2D eigenvalue weighted by molar-refractivity contribution is 0.525. The van der Waals surface area contributed by atoms with E-state index in [2.05, 4.69) is 30.8 Å². The highest BCUT2D eigenvalue weighted by Crippen LogP contribution is 2.36. The van der Waals surface area contributed by atoms with Crippen LogP contribution in [0.15, 0.2) is 29.0 Å². The van der Waals surface area contributed by atoms with Crippen molar-refractivity contribution in [2.75, 3.05) is 5.32 Å². The third-order valence-electron chi connectivity index (χ3n) is 3.63. The average molecular weight is 359 g/mol. The van der Waals surface area contributed by atoms with E-state index in [-0.39, 0.29) is 5.82 Å². The molecule has 1 aliphatic carbocycles. The Bertz CT molecular complexity index is 600. The Morgan fingerprint density at radius 1 is 1.35 bits per heavy atom. The van der Waals surface area contributed by atoms with Gasteiger partial charge in [0, 0.05) is 22.9 Å². The highest BCUT2D eigenvalue weighted by molar-refractivity contribution is 9.10. The van der Waals surface area contributed by atoms with Crippen molar-refractivity contribution in [3.63, 3.8) is 0 Å². The van der Waals surface area contributed by atoms with Crippen molar-refractivity contribution in [3.05, 3.63) is 39.8 Å². The van der Waals surface area contributed by atoms with E-state index < -0.39 is 0 Å². The number of hydrogen-bond donors (Lipinski definition) is 1. The van der Waals surface area contributed by atoms with E-state index in [1.807, 2.05) is 6.20 Å². The summed E-state index contributed by atoms with van der Waals surface area (Å²) in [7, 11) is 0. The summed E-state index contributed by atoms with van der Waals surface area (Å²) < 4.78 is 16.0. The molecular weight excluding hydrogens is 345 g/mol. The number of nitrogens with one attached hydrogen (secondary N) is 1. The molecule has 0 spiro atoms. The molecule has 1 N–H and O–H groups in total. The van der Waals surface area contributed by atoms with Crippen LogP contribution in [0.2, 0.25) is 5.02 Å². The minimum atomic E-state index is -0.369. The molecule has 0 saturated heterocycles. The van der Waals surface area contributed by atoms with Gasteiger partial charge < -0.3 is 9.88 Å². The van der Waals surface area contributed by atoms with Gasteiger partial charge in [-0.2, -0.15) is 0 Å². The van der Waals surface area contributed by atoms with E-state index in [9.17, 15) is 4.39 Å². The molecule has 1 fully saturated rings. The zero-order valence-corrected chi connectivity index (χ0v) is 13.1. The predicted octanol–water partition coefficient (Wildman–Crippen LogP) is 5.30. The van der Waals surface area contributed by atoms with Gasteiger partial charge in [0.2, 0.25) is 5.95 Å². The van der Waals surface area contributed by atoms with Crippen LogP contribution in [0, 0.1) is 5.82 Å². The zero-order chi connectivity index (χ0) is 14.1. The number of halogens is 3. The first-order chi connectivity index (χ1) is 9.65. The van der Waals surface area contributed by atoms with Crippen molar-refractivity contribution in [2.45, 2.75) is 31.7 Å². The SMILES string of the molecule is Fc1cc(Cl)c(Nc2nccn2C2CCCC2)c(Br)c1. The molecule has 6 heteroatoms. The van der Waals surface area contributed by atoms with Crippen LogP contribution in [0.1, 0.15) is 31.7 Å². The molecule has 1 aromatic heterocycles. The lowest BCUT2D eigenvalue weighted by Crippen LogP contribution is -2.08. The van der Waals surface area contributed by atoms with Crippen molar-refractivity contribution in [2.24, 2.45) is 0 Å². The van der Waals surface area contributed by atoms with Crippen LogP contribution in [-0.4, -0.2) is 9.55 Å². The van der Waals surface area contributed by atoms with E-state index in [0.29, 0.717) is 21.2 Å². The lowest BCUT2D eigenvalue weighted by atomic mass is 10.2. The monoisotopic (exact) mass is 357 g/mol. The Morgan fingerprint density at radius 3 is 2.80 bits per heavy atom. The van der Waals surface area contributed by atoms with E-state index in [1.54, 1.807) is 6.20 Å². The number of anilines is 2. The molecule has 1 aliphatic rings. The molecule has 20 heavy (non-hydrogen) atoms. The number of imidazole rings is 1. The van der Waals surface area contributed by atoms with Gasteiger partial charge in [-0.3, -0.25) is 0 Å². The molecule has 0 aliphatic heterocycles. The maximum absolute atomic E-state index is 13.2. The summed E-state index contributed by atoms with van der Waals surface area (Å²) in [6.07, 6.45) is 8.59. The Balaban J connectivity index is 1.90. The molecule has 1 aromatic carbocycles. The molecule has 1 saturated carbocycles. The normalized spacial score (nSPS) is 15.8. The third kappa shape index (κ3) is 2.69. The number of nitrogens with zero attached hydrogens (tertiary/aromatic N) is 2. The van der Waals surface area contributed by atoms with Crippen LogP contribution in [0.5, 0.6) is 0 Å². The molecule has 0 bridgehead atoms. The van der Waals surface area contributed by atoms with Crippen LogP contribution >= 0.6 is 27.5 Å². The molecule has 0 radical (unpaired) electrons. The molecule has 106 valence electrons. The summed E-state index contributed by atoms with van der Waals surface area (Å²) in [6.45, 7) is 0. The quantitative estimate of drug-likeness (QED) is 0.807. The van der Waals surface area contributed by atoms with Crippen LogP contribution in [0.25, 0.3) is 0 Å². The van der Waals surface area contributed by atoms with Gasteiger partial charge in [-0.15, -0.1) is 0 Å². The van der Waals surface area contributed by atoms with Gasteiger partial charge in [0.15, 0.2) is 0 Å². The molecule has 1 heterocycles. The first-order valence-electron chi connectivity index (χ1n) is 6.59. The van der Waals surface area contributed by atoms with Crippen LogP contribution < -0.4 is 5.32 Å². The van der Waals surface area contributed by atoms with Crippen molar-refractivity contribution in [3.8, 4) is 0 Å². The minimum Gasteiger partial charge on any atom is -0.323 e. The first-order valence-corrected chi connectivity index (χ1v) is 7.76. The summed E-state index contributed by atoms with van der Waals surface area (Å²) in [5.74, 6) is 0.373. The largest absolute Gasteiger partial charge is 0.323 e. The van der Waals surface area contributed by atoms with E-state index in [4.69, 9.17) is 11.6 Å². The third-order valence-corrected chi connectivity index (χ3v) is 4.55. The van der Waals surface area contributed by atoms with Crippen LogP contribution in [-0.2, 0) is 0 Å². The Hall–Kier alpha value is -1.07. The fraction of sp³-hybridized carbons (Fsp3) is 0.357. The van der Waals surface area contributed by atoms with E-state index in [1.165, 1.54) is 37.8 Å². The number of rotatable bonds is 3. The summed E-state index contributed by atoms with van der Waals surface area (Å²) in [6, 6.07) is 3.16. The second-order valence-electron chi connectivity index (χ2n) is 4.97. The topological polar surface area (TPSA) is 29.9 Å². The van der Waals surface area contributed by atoms with Gasteiger partial charge in [-0.05, 0) is 40.9 Å². The standard InChI is InChI=1S/C14H14BrClFN3/c15-11-7-9(17)8-12(16)13(11)19-14-18-5-6-20(14)10-3-1-2-4-10/h5-8,10H,1-4H2,(H,18,19). The maximum atomic E-state index is 13.2. The maximum Gasteiger partial charge on any atom is 0.207 e. The second kappa shape index (κ2) is 5.74. The molecule has 2 aromatic rings. The average Bonchev–Trinajstić information content (AvgIpc) is 3.04. The summed E-state index contributed by atoms with van der Waals surface area (Å²) in [4.78, 5) is 4.34. The van der Waals surface area contributed by atoms with Crippen molar-refractivity contribution >= 4 is 39.2 Å². The first kappa shape index (κ1) is 13.9. The van der Waals surface area contributed by atoms with Crippen molar-refractivity contribution in [1.82, 2.24) is 9.55 Å². The summed E-state index contributed by atoms with van der Waals surface area (Å²) in [5.41, 5.74) is 0.638. The number of aromatic nitrogens is 2. The fourth-order valence-corrected chi connectivity index (χ4v) is 3.56. The van der Waals surface area contributed by atoms with Crippen LogP contribution in [0.3, 0.4) is 0 Å². The highest BCUT2D eigenvalue weighted by Gasteiger charge is 2.20. The molecule has 0 atom stereocenters. The van der Waals surface area contributed by atoms with Gasteiger partial charge in [0.25, 0.3) is 0 Å². The highest BCUT2D eigenvalue weighted by atomic mass is 79.9. The number of hydrogen-bond acceptors (Lipinski definition) is 2. The smallest absolute Gasteiger partial charge is 0.207 e. The van der Waals surface area contributed by atoms with Gasteiger partial charge >= 0.3 is 0 Å². The van der Waals surface area contributed by atoms with Crippen molar-refractivity contribution < 1.29 is 4.39 Å². The Labute approximate surface area is 130 Å². The van der Waals surface area contributed by atoms with Gasteiger partial charge in [0.05, 0.1) is 10.7 Å². The van der Waals surface area contributed by atoms with Crippen molar-refractivity contribution in [1.29, 1.82) is 0 Å². The molecule has 3 rings (SSSR count). The zero-order valence-electron chi connectivity index (χ0n) is 10.7. The molecule has 3 nitrogen and oxygen atoms in total. The van der Waals surface area contributed by atoms with Gasteiger partial charge in [-0.1, -0.05) is 24.4 Å². The Kier molecular flexibility index (Phi) is 3.98. The Morgan fingerprint density at radius 2 is 2.10 bits per heavy atom. The molecule has 0 amide bonds.